The van der Waals surface area contributed by atoms with E-state index in [1.807, 2.05) is 7.05 Å². The molecule has 1 aromatic heterocycles. The highest BCUT2D eigenvalue weighted by Gasteiger charge is 2.45. The average molecular weight is 433 g/mol. The van der Waals surface area contributed by atoms with Crippen molar-refractivity contribution in [2.75, 3.05) is 31.6 Å². The Labute approximate surface area is 179 Å². The fourth-order valence-corrected chi connectivity index (χ4v) is 4.05. The highest BCUT2D eigenvalue weighted by molar-refractivity contribution is 5.95. The third-order valence-corrected chi connectivity index (χ3v) is 5.57. The molecule has 0 saturated carbocycles. The second-order valence-corrected chi connectivity index (χ2v) is 7.85. The highest BCUT2D eigenvalue weighted by Crippen LogP contribution is 2.37. The predicted octanol–water partition coefficient (Wildman–Crippen LogP) is 3.37. The first-order valence-corrected chi connectivity index (χ1v) is 10.4. The Hall–Kier alpha value is -2.86. The SMILES string of the molecule is CNCCCCC(=O)N[C@@H]1C[C@H](C(F)(F)F)CN(c2ccc(C#N)c3ncccc23)C1. The number of amides is 1. The topological polar surface area (TPSA) is 81.0 Å². The van der Waals surface area contributed by atoms with E-state index >= 15 is 0 Å². The van der Waals surface area contributed by atoms with Crippen LogP contribution in [0, 0.1) is 17.2 Å². The number of carbonyl (C=O) groups is 1. The summed E-state index contributed by atoms with van der Waals surface area (Å²) in [5.74, 6) is -1.78. The van der Waals surface area contributed by atoms with Crippen LogP contribution in [0.25, 0.3) is 10.9 Å². The van der Waals surface area contributed by atoms with Crippen LogP contribution in [0.5, 0.6) is 0 Å². The van der Waals surface area contributed by atoms with E-state index in [9.17, 15) is 23.2 Å². The van der Waals surface area contributed by atoms with Crippen LogP contribution in [0.1, 0.15) is 31.2 Å². The highest BCUT2D eigenvalue weighted by atomic mass is 19.4. The number of nitrogens with zero attached hydrogens (tertiary/aromatic N) is 3. The smallest absolute Gasteiger partial charge is 0.368 e. The molecule has 1 aromatic carbocycles. The quantitative estimate of drug-likeness (QED) is 0.655. The number of aromatic nitrogens is 1. The molecule has 31 heavy (non-hydrogen) atoms. The predicted molar refractivity (Wildman–Crippen MR) is 113 cm³/mol. The molecule has 1 fully saturated rings. The zero-order chi connectivity index (χ0) is 22.4. The number of halogens is 3. The molecule has 6 nitrogen and oxygen atoms in total. The van der Waals surface area contributed by atoms with Gasteiger partial charge in [-0.1, -0.05) is 0 Å². The minimum Gasteiger partial charge on any atom is -0.368 e. The third kappa shape index (κ3) is 5.64. The van der Waals surface area contributed by atoms with Crippen LogP contribution in [0.15, 0.2) is 30.5 Å². The maximum Gasteiger partial charge on any atom is 0.393 e. The van der Waals surface area contributed by atoms with Gasteiger partial charge in [0.15, 0.2) is 0 Å². The molecule has 1 aliphatic heterocycles. The first-order valence-electron chi connectivity index (χ1n) is 10.4. The molecular weight excluding hydrogens is 407 g/mol. The van der Waals surface area contributed by atoms with Gasteiger partial charge in [-0.05, 0) is 57.1 Å². The van der Waals surface area contributed by atoms with Gasteiger partial charge in [-0.2, -0.15) is 18.4 Å². The summed E-state index contributed by atoms with van der Waals surface area (Å²) < 4.78 is 41.0. The second-order valence-electron chi connectivity index (χ2n) is 7.85. The van der Waals surface area contributed by atoms with Crippen LogP contribution < -0.4 is 15.5 Å². The van der Waals surface area contributed by atoms with Gasteiger partial charge in [-0.25, -0.2) is 0 Å². The van der Waals surface area contributed by atoms with Crippen molar-refractivity contribution in [3.05, 3.63) is 36.0 Å². The first-order chi connectivity index (χ1) is 14.8. The third-order valence-electron chi connectivity index (χ3n) is 5.57. The fraction of sp³-hybridized carbons (Fsp3) is 0.500. The van der Waals surface area contributed by atoms with Gasteiger partial charge < -0.3 is 15.5 Å². The molecule has 1 amide bonds. The lowest BCUT2D eigenvalue weighted by Crippen LogP contribution is -2.54. The molecule has 0 bridgehead atoms. The van der Waals surface area contributed by atoms with Gasteiger partial charge in [0, 0.05) is 42.8 Å². The normalized spacial score (nSPS) is 19.3. The van der Waals surface area contributed by atoms with E-state index in [4.69, 9.17) is 0 Å². The molecule has 0 aliphatic carbocycles. The number of unbranched alkanes of at least 4 members (excludes halogenated alkanes) is 1. The van der Waals surface area contributed by atoms with Crippen LogP contribution >= 0.6 is 0 Å². The van der Waals surface area contributed by atoms with Gasteiger partial charge >= 0.3 is 6.18 Å². The number of alkyl halides is 3. The Kier molecular flexibility index (Phi) is 7.33. The van der Waals surface area contributed by atoms with E-state index in [0.717, 1.165) is 13.0 Å². The zero-order valence-electron chi connectivity index (χ0n) is 17.4. The summed E-state index contributed by atoms with van der Waals surface area (Å²) in [7, 11) is 1.83. The summed E-state index contributed by atoms with van der Waals surface area (Å²) in [5, 5.41) is 15.8. The zero-order valence-corrected chi connectivity index (χ0v) is 17.4. The fourth-order valence-electron chi connectivity index (χ4n) is 4.05. The minimum atomic E-state index is -4.37. The summed E-state index contributed by atoms with van der Waals surface area (Å²) in [6, 6.07) is 8.16. The number of fused-ring (bicyclic) bond motifs is 1. The van der Waals surface area contributed by atoms with Crippen molar-refractivity contribution in [2.24, 2.45) is 5.92 Å². The van der Waals surface area contributed by atoms with Crippen molar-refractivity contribution in [1.82, 2.24) is 15.6 Å². The van der Waals surface area contributed by atoms with Crippen molar-refractivity contribution in [3.8, 4) is 6.07 Å². The molecule has 3 rings (SSSR count). The average Bonchev–Trinajstić information content (AvgIpc) is 2.75. The summed E-state index contributed by atoms with van der Waals surface area (Å²) in [5.41, 5.74) is 1.42. The van der Waals surface area contributed by atoms with E-state index in [2.05, 4.69) is 21.7 Å². The van der Waals surface area contributed by atoms with Crippen LogP contribution in [0.4, 0.5) is 18.9 Å². The second kappa shape index (κ2) is 9.96. The number of benzene rings is 1. The summed E-state index contributed by atoms with van der Waals surface area (Å²) in [6.07, 6.45) is -1.16. The van der Waals surface area contributed by atoms with Gasteiger partial charge in [0.05, 0.1) is 17.0 Å². The molecule has 0 unspecified atom stereocenters. The van der Waals surface area contributed by atoms with Crippen LogP contribution in [0.3, 0.4) is 0 Å². The van der Waals surface area contributed by atoms with Crippen molar-refractivity contribution in [1.29, 1.82) is 5.26 Å². The standard InChI is InChI=1S/C22H26F3N5O/c1-27-9-3-2-6-20(31)29-17-11-16(22(23,24)25)13-30(14-17)19-8-7-15(12-26)21-18(19)5-4-10-28-21/h4-5,7-8,10,16-17,27H,2-3,6,9,11,13-14H2,1H3,(H,29,31)/t16-,17+/m0/s1. The molecule has 0 radical (unpaired) electrons. The van der Waals surface area contributed by atoms with Gasteiger partial charge in [0.25, 0.3) is 0 Å². The Morgan fingerprint density at radius 1 is 1.29 bits per heavy atom. The maximum absolute atomic E-state index is 13.7. The monoisotopic (exact) mass is 433 g/mol. The maximum atomic E-state index is 13.7. The number of hydrogen-bond donors (Lipinski definition) is 2. The van der Waals surface area contributed by atoms with Crippen molar-refractivity contribution >= 4 is 22.5 Å². The molecule has 2 heterocycles. The number of hydrogen-bond acceptors (Lipinski definition) is 5. The summed E-state index contributed by atoms with van der Waals surface area (Å²) >= 11 is 0. The Morgan fingerprint density at radius 3 is 2.81 bits per heavy atom. The molecule has 2 atom stereocenters. The Balaban J connectivity index is 1.83. The summed E-state index contributed by atoms with van der Waals surface area (Å²) in [6.45, 7) is 0.860. The molecule has 0 spiro atoms. The number of rotatable bonds is 7. The minimum absolute atomic E-state index is 0.144. The molecular formula is C22H26F3N5O. The number of nitriles is 1. The van der Waals surface area contributed by atoms with Gasteiger partial charge in [-0.3, -0.25) is 9.78 Å². The van der Waals surface area contributed by atoms with Crippen molar-refractivity contribution < 1.29 is 18.0 Å². The van der Waals surface area contributed by atoms with E-state index in [1.54, 1.807) is 35.4 Å². The lowest BCUT2D eigenvalue weighted by molar-refractivity contribution is -0.178. The van der Waals surface area contributed by atoms with E-state index in [-0.39, 0.29) is 25.4 Å². The van der Waals surface area contributed by atoms with Crippen molar-refractivity contribution in [3.63, 3.8) is 0 Å². The molecule has 2 N–H and O–H groups in total. The van der Waals surface area contributed by atoms with E-state index in [0.29, 0.717) is 35.0 Å². The molecule has 9 heteroatoms. The van der Waals surface area contributed by atoms with Crippen LogP contribution in [0.2, 0.25) is 0 Å². The Morgan fingerprint density at radius 2 is 2.10 bits per heavy atom. The number of pyridine rings is 1. The Bertz CT molecular complexity index is 956. The van der Waals surface area contributed by atoms with E-state index in [1.165, 1.54) is 0 Å². The first kappa shape index (κ1) is 22.8. The number of carbonyl (C=O) groups excluding carboxylic acids is 1. The number of piperidine rings is 1. The number of anilines is 1. The molecule has 166 valence electrons. The number of nitrogens with one attached hydrogen (secondary N) is 2. The lowest BCUT2D eigenvalue weighted by Gasteiger charge is -2.40. The van der Waals surface area contributed by atoms with E-state index < -0.39 is 18.1 Å². The van der Waals surface area contributed by atoms with Crippen LogP contribution in [-0.4, -0.2) is 49.8 Å². The van der Waals surface area contributed by atoms with Gasteiger partial charge in [0.1, 0.15) is 6.07 Å². The molecule has 2 aromatic rings. The van der Waals surface area contributed by atoms with Crippen molar-refractivity contribution in [2.45, 2.75) is 37.9 Å². The van der Waals surface area contributed by atoms with Gasteiger partial charge in [-0.15, -0.1) is 0 Å². The van der Waals surface area contributed by atoms with Gasteiger partial charge in [0.2, 0.25) is 5.91 Å². The lowest BCUT2D eigenvalue weighted by atomic mass is 9.92. The summed E-state index contributed by atoms with van der Waals surface area (Å²) in [4.78, 5) is 18.2. The largest absolute Gasteiger partial charge is 0.393 e. The molecule has 1 aliphatic rings. The van der Waals surface area contributed by atoms with Crippen LogP contribution in [-0.2, 0) is 4.79 Å². The molecule has 1 saturated heterocycles.